The number of likely N-dealkylation sites (tertiary alicyclic amines) is 1. The van der Waals surface area contributed by atoms with Crippen molar-refractivity contribution in [1.29, 1.82) is 0 Å². The van der Waals surface area contributed by atoms with Crippen molar-refractivity contribution in [2.75, 3.05) is 33.3 Å². The van der Waals surface area contributed by atoms with Crippen LogP contribution in [0.2, 0.25) is 10.0 Å². The summed E-state index contributed by atoms with van der Waals surface area (Å²) in [5.41, 5.74) is 0. The third kappa shape index (κ3) is 4.77. The molecule has 1 aromatic carbocycles. The molecule has 1 heterocycles. The summed E-state index contributed by atoms with van der Waals surface area (Å²) in [6.45, 7) is 2.61. The maximum absolute atomic E-state index is 12.1. The maximum Gasteiger partial charge on any atom is 0.260 e. The molecule has 1 amide bonds. The third-order valence-corrected chi connectivity index (χ3v) is 4.24. The van der Waals surface area contributed by atoms with Crippen molar-refractivity contribution in [3.63, 3.8) is 0 Å². The fourth-order valence-electron chi connectivity index (χ4n) is 2.50. The molecule has 0 radical (unpaired) electrons. The monoisotopic (exact) mass is 330 g/mol. The van der Waals surface area contributed by atoms with Gasteiger partial charge in [0.1, 0.15) is 5.75 Å². The number of nitrogens with one attached hydrogen (secondary N) is 1. The molecule has 0 saturated carbocycles. The number of carbonyl (C=O) groups is 1. The molecule has 0 bridgehead atoms. The zero-order chi connectivity index (χ0) is 15.2. The van der Waals surface area contributed by atoms with Crippen LogP contribution in [0.25, 0.3) is 0 Å². The summed E-state index contributed by atoms with van der Waals surface area (Å²) in [7, 11) is 1.96. The van der Waals surface area contributed by atoms with Crippen molar-refractivity contribution in [3.05, 3.63) is 28.2 Å². The lowest BCUT2D eigenvalue weighted by Gasteiger charge is -2.31. The molecule has 0 atom stereocenters. The van der Waals surface area contributed by atoms with E-state index >= 15 is 0 Å². The van der Waals surface area contributed by atoms with Gasteiger partial charge in [-0.05, 0) is 50.6 Å². The highest BCUT2D eigenvalue weighted by Gasteiger charge is 2.22. The second-order valence-electron chi connectivity index (χ2n) is 5.25. The number of benzene rings is 1. The summed E-state index contributed by atoms with van der Waals surface area (Å²) in [5, 5.41) is 4.15. The molecule has 1 aromatic rings. The van der Waals surface area contributed by atoms with E-state index in [-0.39, 0.29) is 12.5 Å². The lowest BCUT2D eigenvalue weighted by molar-refractivity contribution is -0.134. The Hall–Kier alpha value is -0.970. The number of rotatable bonds is 5. The normalized spacial score (nSPS) is 16.0. The Morgan fingerprint density at radius 2 is 2.10 bits per heavy atom. The fourth-order valence-corrected chi connectivity index (χ4v) is 2.96. The minimum Gasteiger partial charge on any atom is -0.482 e. The van der Waals surface area contributed by atoms with E-state index in [4.69, 9.17) is 27.9 Å². The second-order valence-corrected chi connectivity index (χ2v) is 6.09. The molecule has 1 fully saturated rings. The summed E-state index contributed by atoms with van der Waals surface area (Å²) in [5.74, 6) is 1.15. The lowest BCUT2D eigenvalue weighted by Crippen LogP contribution is -2.42. The summed E-state index contributed by atoms with van der Waals surface area (Å²) >= 11 is 11.8. The molecule has 0 spiro atoms. The fraction of sp³-hybridized carbons (Fsp3) is 0.533. The molecule has 116 valence electrons. The minimum atomic E-state index is 0.00363. The van der Waals surface area contributed by atoms with Gasteiger partial charge in [-0.3, -0.25) is 4.79 Å². The maximum atomic E-state index is 12.1. The number of hydrogen-bond donors (Lipinski definition) is 1. The van der Waals surface area contributed by atoms with E-state index in [1.54, 1.807) is 18.2 Å². The number of halogens is 2. The second kappa shape index (κ2) is 7.87. The first kappa shape index (κ1) is 16.4. The zero-order valence-corrected chi connectivity index (χ0v) is 13.6. The molecule has 6 heteroatoms. The van der Waals surface area contributed by atoms with Gasteiger partial charge in [0.25, 0.3) is 5.91 Å². The predicted molar refractivity (Wildman–Crippen MR) is 85.2 cm³/mol. The average Bonchev–Trinajstić information content (AvgIpc) is 2.47. The van der Waals surface area contributed by atoms with Gasteiger partial charge < -0.3 is 15.0 Å². The van der Waals surface area contributed by atoms with Crippen LogP contribution in [0.4, 0.5) is 0 Å². The summed E-state index contributed by atoms with van der Waals surface area (Å²) in [6, 6.07) is 4.97. The highest BCUT2D eigenvalue weighted by molar-refractivity contribution is 6.35. The van der Waals surface area contributed by atoms with Crippen LogP contribution in [0.15, 0.2) is 18.2 Å². The van der Waals surface area contributed by atoms with E-state index in [2.05, 4.69) is 5.32 Å². The third-order valence-electron chi connectivity index (χ3n) is 3.71. The van der Waals surface area contributed by atoms with E-state index in [0.717, 1.165) is 32.5 Å². The van der Waals surface area contributed by atoms with E-state index in [1.807, 2.05) is 11.9 Å². The first-order valence-electron chi connectivity index (χ1n) is 7.10. The smallest absolute Gasteiger partial charge is 0.260 e. The molecule has 0 aromatic heterocycles. The lowest BCUT2D eigenvalue weighted by atomic mass is 9.97. The summed E-state index contributed by atoms with van der Waals surface area (Å²) < 4.78 is 5.49. The molecule has 2 rings (SSSR count). The number of hydrogen-bond acceptors (Lipinski definition) is 3. The molecule has 1 N–H and O–H groups in total. The van der Waals surface area contributed by atoms with Crippen LogP contribution in [0.3, 0.4) is 0 Å². The standard InChI is InChI=1S/C15H20Cl2N2O2/c1-18-9-11-4-6-19(7-5-11)15(20)10-21-14-3-2-12(16)8-13(14)17/h2-3,8,11,18H,4-7,9-10H2,1H3. The van der Waals surface area contributed by atoms with Gasteiger partial charge in [-0.25, -0.2) is 0 Å². The Kier molecular flexibility index (Phi) is 6.15. The first-order chi connectivity index (χ1) is 10.1. The van der Waals surface area contributed by atoms with Crippen LogP contribution in [0, 0.1) is 5.92 Å². The van der Waals surface area contributed by atoms with Crippen molar-refractivity contribution < 1.29 is 9.53 Å². The van der Waals surface area contributed by atoms with Crippen molar-refractivity contribution >= 4 is 29.1 Å². The highest BCUT2D eigenvalue weighted by atomic mass is 35.5. The number of amides is 1. The van der Waals surface area contributed by atoms with Crippen LogP contribution < -0.4 is 10.1 Å². The van der Waals surface area contributed by atoms with Gasteiger partial charge in [-0.15, -0.1) is 0 Å². The number of nitrogens with zero attached hydrogens (tertiary/aromatic N) is 1. The molecule has 1 saturated heterocycles. The van der Waals surface area contributed by atoms with E-state index in [1.165, 1.54) is 0 Å². The molecule has 0 aliphatic carbocycles. The molecule has 4 nitrogen and oxygen atoms in total. The van der Waals surface area contributed by atoms with Crippen molar-refractivity contribution in [2.24, 2.45) is 5.92 Å². The van der Waals surface area contributed by atoms with Crippen LogP contribution in [-0.4, -0.2) is 44.1 Å². The van der Waals surface area contributed by atoms with Crippen LogP contribution in [0.5, 0.6) is 5.75 Å². The Balaban J connectivity index is 1.80. The summed E-state index contributed by atoms with van der Waals surface area (Å²) in [4.78, 5) is 14.0. The van der Waals surface area contributed by atoms with Crippen LogP contribution >= 0.6 is 23.2 Å². The van der Waals surface area contributed by atoms with Crippen molar-refractivity contribution in [1.82, 2.24) is 10.2 Å². The Bertz CT molecular complexity index is 489. The minimum absolute atomic E-state index is 0.00363. The van der Waals surface area contributed by atoms with E-state index < -0.39 is 0 Å². The number of carbonyl (C=O) groups excluding carboxylic acids is 1. The Morgan fingerprint density at radius 1 is 1.38 bits per heavy atom. The predicted octanol–water partition coefficient (Wildman–Crippen LogP) is 2.83. The van der Waals surface area contributed by atoms with Gasteiger partial charge in [0, 0.05) is 18.1 Å². The van der Waals surface area contributed by atoms with Gasteiger partial charge >= 0.3 is 0 Å². The van der Waals surface area contributed by atoms with Gasteiger partial charge in [-0.2, -0.15) is 0 Å². The van der Waals surface area contributed by atoms with Crippen LogP contribution in [-0.2, 0) is 4.79 Å². The van der Waals surface area contributed by atoms with Crippen molar-refractivity contribution in [3.8, 4) is 5.75 Å². The van der Waals surface area contributed by atoms with Gasteiger partial charge in [-0.1, -0.05) is 23.2 Å². The Labute approximate surface area is 135 Å². The van der Waals surface area contributed by atoms with Gasteiger partial charge in [0.2, 0.25) is 0 Å². The average molecular weight is 331 g/mol. The van der Waals surface area contributed by atoms with Gasteiger partial charge in [0.05, 0.1) is 5.02 Å². The Morgan fingerprint density at radius 3 is 2.71 bits per heavy atom. The molecule has 1 aliphatic rings. The highest BCUT2D eigenvalue weighted by Crippen LogP contribution is 2.27. The first-order valence-corrected chi connectivity index (χ1v) is 7.86. The zero-order valence-electron chi connectivity index (χ0n) is 12.1. The molecule has 21 heavy (non-hydrogen) atoms. The van der Waals surface area contributed by atoms with E-state index in [9.17, 15) is 4.79 Å². The quantitative estimate of drug-likeness (QED) is 0.902. The number of piperidine rings is 1. The number of ether oxygens (including phenoxy) is 1. The largest absolute Gasteiger partial charge is 0.482 e. The molecular weight excluding hydrogens is 311 g/mol. The molecular formula is C15H20Cl2N2O2. The van der Waals surface area contributed by atoms with Gasteiger partial charge in [0.15, 0.2) is 6.61 Å². The van der Waals surface area contributed by atoms with Crippen LogP contribution in [0.1, 0.15) is 12.8 Å². The molecule has 0 unspecified atom stereocenters. The SMILES string of the molecule is CNCC1CCN(C(=O)COc2ccc(Cl)cc2Cl)CC1. The van der Waals surface area contributed by atoms with Crippen molar-refractivity contribution in [2.45, 2.75) is 12.8 Å². The topological polar surface area (TPSA) is 41.6 Å². The van der Waals surface area contributed by atoms with E-state index in [0.29, 0.717) is 21.7 Å². The summed E-state index contributed by atoms with van der Waals surface area (Å²) in [6.07, 6.45) is 2.07. The molecule has 1 aliphatic heterocycles.